The molecule has 0 saturated carbocycles. The molecule has 0 spiro atoms. The number of hydrogen-bond acceptors (Lipinski definition) is 7. The van der Waals surface area contributed by atoms with Gasteiger partial charge in [0.2, 0.25) is 6.79 Å². The van der Waals surface area contributed by atoms with E-state index in [1.807, 2.05) is 0 Å². The zero-order valence-electron chi connectivity index (χ0n) is 14.2. The molecule has 1 aliphatic rings. The Balaban J connectivity index is 1.61. The number of anilines is 1. The number of nitro benzene ring substituents is 1. The molecule has 3 rings (SSSR count). The summed E-state index contributed by atoms with van der Waals surface area (Å²) in [6.07, 6.45) is 0. The van der Waals surface area contributed by atoms with Crippen LogP contribution in [0.4, 0.5) is 11.4 Å². The zero-order valence-corrected chi connectivity index (χ0v) is 14.2. The van der Waals surface area contributed by atoms with Crippen molar-refractivity contribution in [1.82, 2.24) is 5.32 Å². The van der Waals surface area contributed by atoms with Crippen LogP contribution in [0.1, 0.15) is 5.56 Å². The van der Waals surface area contributed by atoms with Crippen LogP contribution in [0.15, 0.2) is 36.4 Å². The minimum Gasteiger partial charge on any atom is -0.494 e. The topological polar surface area (TPSA) is 129 Å². The van der Waals surface area contributed by atoms with Gasteiger partial charge in [-0.05, 0) is 23.8 Å². The van der Waals surface area contributed by atoms with Crippen LogP contribution in [0, 0.1) is 10.1 Å². The number of nitro groups is 1. The van der Waals surface area contributed by atoms with Gasteiger partial charge in [0.1, 0.15) is 5.75 Å². The van der Waals surface area contributed by atoms with Crippen molar-refractivity contribution in [3.63, 3.8) is 0 Å². The van der Waals surface area contributed by atoms with Gasteiger partial charge in [0.05, 0.1) is 23.8 Å². The highest BCUT2D eigenvalue weighted by Crippen LogP contribution is 2.32. The van der Waals surface area contributed by atoms with Crippen molar-refractivity contribution >= 4 is 23.2 Å². The number of rotatable bonds is 5. The minimum atomic E-state index is -0.928. The average Bonchev–Trinajstić information content (AvgIpc) is 3.13. The molecule has 0 radical (unpaired) electrons. The Morgan fingerprint density at radius 1 is 1.15 bits per heavy atom. The standard InChI is InChI=1S/C17H15N3O7/c1-25-14-7-11(20(23)24)3-4-12(14)19-17(22)16(21)18-8-10-2-5-13-15(6-10)27-9-26-13/h2-7H,8-9H2,1H3,(H,18,21)(H,19,22). The third kappa shape index (κ3) is 4.06. The molecule has 0 saturated heterocycles. The number of non-ortho nitro benzene ring substituents is 1. The molecule has 2 aromatic carbocycles. The van der Waals surface area contributed by atoms with Gasteiger partial charge in [-0.2, -0.15) is 0 Å². The molecule has 2 N–H and O–H groups in total. The van der Waals surface area contributed by atoms with Gasteiger partial charge in [-0.25, -0.2) is 0 Å². The number of ether oxygens (including phenoxy) is 3. The lowest BCUT2D eigenvalue weighted by molar-refractivity contribution is -0.384. The Hall–Kier alpha value is -3.82. The van der Waals surface area contributed by atoms with Crippen LogP contribution in [0.25, 0.3) is 0 Å². The van der Waals surface area contributed by atoms with Crippen molar-refractivity contribution in [2.24, 2.45) is 0 Å². The van der Waals surface area contributed by atoms with Gasteiger partial charge < -0.3 is 24.8 Å². The van der Waals surface area contributed by atoms with Crippen molar-refractivity contribution in [3.8, 4) is 17.2 Å². The summed E-state index contributed by atoms with van der Waals surface area (Å²) in [6.45, 7) is 0.255. The lowest BCUT2D eigenvalue weighted by Gasteiger charge is -2.10. The van der Waals surface area contributed by atoms with E-state index in [1.54, 1.807) is 18.2 Å². The molecule has 0 aliphatic carbocycles. The van der Waals surface area contributed by atoms with Crippen LogP contribution in [-0.4, -0.2) is 30.6 Å². The predicted octanol–water partition coefficient (Wildman–Crippen LogP) is 1.59. The smallest absolute Gasteiger partial charge is 0.313 e. The van der Waals surface area contributed by atoms with E-state index < -0.39 is 16.7 Å². The van der Waals surface area contributed by atoms with Gasteiger partial charge in [-0.3, -0.25) is 19.7 Å². The summed E-state index contributed by atoms with van der Waals surface area (Å²) in [5.74, 6) is -0.535. The first-order valence-corrected chi connectivity index (χ1v) is 7.78. The highest BCUT2D eigenvalue weighted by atomic mass is 16.7. The summed E-state index contributed by atoms with van der Waals surface area (Å²) >= 11 is 0. The van der Waals surface area contributed by atoms with Gasteiger partial charge in [0.15, 0.2) is 11.5 Å². The van der Waals surface area contributed by atoms with Crippen molar-refractivity contribution in [2.45, 2.75) is 6.54 Å². The van der Waals surface area contributed by atoms with E-state index in [4.69, 9.17) is 14.2 Å². The fourth-order valence-corrected chi connectivity index (χ4v) is 2.39. The van der Waals surface area contributed by atoms with Crippen molar-refractivity contribution in [1.29, 1.82) is 0 Å². The van der Waals surface area contributed by atoms with Gasteiger partial charge >= 0.3 is 11.8 Å². The summed E-state index contributed by atoms with van der Waals surface area (Å²) in [6, 6.07) is 8.80. The van der Waals surface area contributed by atoms with Gasteiger partial charge in [-0.15, -0.1) is 0 Å². The van der Waals surface area contributed by atoms with Crippen LogP contribution in [0.2, 0.25) is 0 Å². The van der Waals surface area contributed by atoms with E-state index in [0.717, 1.165) is 11.6 Å². The molecule has 1 aliphatic heterocycles. The summed E-state index contributed by atoms with van der Waals surface area (Å²) in [4.78, 5) is 34.2. The fourth-order valence-electron chi connectivity index (χ4n) is 2.39. The second kappa shape index (κ2) is 7.60. The summed E-state index contributed by atoms with van der Waals surface area (Å²) in [7, 11) is 1.30. The van der Waals surface area contributed by atoms with Crippen LogP contribution >= 0.6 is 0 Å². The average molecular weight is 373 g/mol. The molecule has 0 fully saturated rings. The molecule has 2 amide bonds. The number of nitrogens with one attached hydrogen (secondary N) is 2. The molecule has 10 heteroatoms. The first-order valence-electron chi connectivity index (χ1n) is 7.78. The van der Waals surface area contributed by atoms with E-state index in [1.165, 1.54) is 19.2 Å². The number of amides is 2. The van der Waals surface area contributed by atoms with Crippen molar-refractivity contribution in [3.05, 3.63) is 52.1 Å². The second-order valence-electron chi connectivity index (χ2n) is 5.47. The summed E-state index contributed by atoms with van der Waals surface area (Å²) in [5.41, 5.74) is 0.678. The number of methoxy groups -OCH3 is 1. The molecule has 0 bridgehead atoms. The molecule has 0 unspecified atom stereocenters. The monoisotopic (exact) mass is 373 g/mol. The number of carbonyl (C=O) groups is 2. The van der Waals surface area contributed by atoms with E-state index in [9.17, 15) is 19.7 Å². The summed E-state index contributed by atoms with van der Waals surface area (Å²) < 4.78 is 15.5. The van der Waals surface area contributed by atoms with Crippen LogP contribution in [0.5, 0.6) is 17.2 Å². The molecular formula is C17H15N3O7. The normalized spacial score (nSPS) is 11.6. The van der Waals surface area contributed by atoms with Crippen LogP contribution in [-0.2, 0) is 16.1 Å². The highest BCUT2D eigenvalue weighted by Gasteiger charge is 2.19. The molecular weight excluding hydrogens is 358 g/mol. The largest absolute Gasteiger partial charge is 0.494 e. The molecule has 27 heavy (non-hydrogen) atoms. The number of fused-ring (bicyclic) bond motifs is 1. The number of nitrogens with zero attached hydrogens (tertiary/aromatic N) is 1. The molecule has 10 nitrogen and oxygen atoms in total. The lowest BCUT2D eigenvalue weighted by atomic mass is 10.2. The summed E-state index contributed by atoms with van der Waals surface area (Å²) in [5, 5.41) is 15.6. The number of carbonyl (C=O) groups excluding carboxylic acids is 2. The SMILES string of the molecule is COc1cc([N+](=O)[O-])ccc1NC(=O)C(=O)NCc1ccc2c(c1)OCO2. The van der Waals surface area contributed by atoms with Gasteiger partial charge in [0, 0.05) is 12.6 Å². The third-order valence-corrected chi connectivity index (χ3v) is 3.74. The van der Waals surface area contributed by atoms with Gasteiger partial charge in [-0.1, -0.05) is 6.07 Å². The van der Waals surface area contributed by atoms with E-state index >= 15 is 0 Å². The Morgan fingerprint density at radius 2 is 1.93 bits per heavy atom. The molecule has 2 aromatic rings. The third-order valence-electron chi connectivity index (χ3n) is 3.74. The zero-order chi connectivity index (χ0) is 19.4. The minimum absolute atomic E-state index is 0.0705. The van der Waals surface area contributed by atoms with Crippen molar-refractivity contribution < 1.29 is 28.7 Å². The molecule has 140 valence electrons. The Bertz CT molecular complexity index is 913. The van der Waals surface area contributed by atoms with Gasteiger partial charge in [0.25, 0.3) is 5.69 Å². The quantitative estimate of drug-likeness (QED) is 0.462. The lowest BCUT2D eigenvalue weighted by Crippen LogP contribution is -2.35. The van der Waals surface area contributed by atoms with E-state index in [0.29, 0.717) is 11.5 Å². The van der Waals surface area contributed by atoms with E-state index in [-0.39, 0.29) is 30.5 Å². The molecule has 0 atom stereocenters. The second-order valence-corrected chi connectivity index (χ2v) is 5.47. The predicted molar refractivity (Wildman–Crippen MR) is 92.7 cm³/mol. The number of hydrogen-bond donors (Lipinski definition) is 2. The number of benzene rings is 2. The fraction of sp³-hybridized carbons (Fsp3) is 0.176. The first-order chi connectivity index (χ1) is 13.0. The van der Waals surface area contributed by atoms with Crippen LogP contribution in [0.3, 0.4) is 0 Å². The van der Waals surface area contributed by atoms with Crippen LogP contribution < -0.4 is 24.8 Å². The van der Waals surface area contributed by atoms with Crippen molar-refractivity contribution in [2.75, 3.05) is 19.2 Å². The maximum Gasteiger partial charge on any atom is 0.313 e. The highest BCUT2D eigenvalue weighted by molar-refractivity contribution is 6.39. The molecule has 0 aromatic heterocycles. The Kier molecular flexibility index (Phi) is 5.06. The maximum atomic E-state index is 12.1. The maximum absolute atomic E-state index is 12.1. The Labute approximate surface area is 153 Å². The Morgan fingerprint density at radius 3 is 2.67 bits per heavy atom. The first kappa shape index (κ1) is 18.0. The van der Waals surface area contributed by atoms with E-state index in [2.05, 4.69) is 10.6 Å². The molecule has 1 heterocycles.